The van der Waals surface area contributed by atoms with E-state index < -0.39 is 0 Å². The van der Waals surface area contributed by atoms with Crippen LogP contribution in [0, 0.1) is 0 Å². The van der Waals surface area contributed by atoms with Crippen LogP contribution in [0.1, 0.15) is 23.6 Å². The maximum Gasteiger partial charge on any atom is 0.222 e. The molecule has 24 heavy (non-hydrogen) atoms. The van der Waals surface area contributed by atoms with E-state index in [1.165, 1.54) is 0 Å². The molecule has 0 aromatic heterocycles. The highest BCUT2D eigenvalue weighted by atomic mass is 35.5. The smallest absolute Gasteiger partial charge is 0.222 e. The van der Waals surface area contributed by atoms with Gasteiger partial charge in [0.1, 0.15) is 0 Å². The Balaban J connectivity index is 1.76. The summed E-state index contributed by atoms with van der Waals surface area (Å²) in [4.78, 5) is 12.6. The van der Waals surface area contributed by atoms with E-state index in [0.29, 0.717) is 11.4 Å². The van der Waals surface area contributed by atoms with Crippen molar-refractivity contribution in [1.29, 1.82) is 0 Å². The number of rotatable bonds is 5. The highest BCUT2D eigenvalue weighted by molar-refractivity contribution is 7.99. The van der Waals surface area contributed by atoms with Crippen molar-refractivity contribution >= 4 is 29.3 Å². The summed E-state index contributed by atoms with van der Waals surface area (Å²) in [5, 5.41) is 7.26. The Hall–Kier alpha value is -1.49. The quantitative estimate of drug-likeness (QED) is 0.855. The van der Waals surface area contributed by atoms with Gasteiger partial charge in [-0.15, -0.1) is 0 Å². The molecular weight excluding hydrogens is 340 g/mol. The molecule has 0 radical (unpaired) electrons. The molecule has 1 amide bonds. The lowest BCUT2D eigenvalue weighted by Gasteiger charge is -2.25. The normalized spacial score (nSPS) is 18.8. The summed E-state index contributed by atoms with van der Waals surface area (Å²) in [7, 11) is 0. The highest BCUT2D eigenvalue weighted by Gasteiger charge is 2.21. The van der Waals surface area contributed by atoms with E-state index in [4.69, 9.17) is 11.6 Å². The van der Waals surface area contributed by atoms with Gasteiger partial charge in [0.2, 0.25) is 5.91 Å². The first-order chi connectivity index (χ1) is 11.7. The fraction of sp³-hybridized carbons (Fsp3) is 0.316. The van der Waals surface area contributed by atoms with E-state index in [-0.39, 0.29) is 18.0 Å². The lowest BCUT2D eigenvalue weighted by atomic mass is 9.98. The molecule has 2 aromatic carbocycles. The Labute approximate surface area is 152 Å². The number of amides is 1. The molecule has 1 aliphatic heterocycles. The molecule has 2 aromatic rings. The van der Waals surface area contributed by atoms with Crippen LogP contribution in [0.4, 0.5) is 0 Å². The van der Waals surface area contributed by atoms with Gasteiger partial charge in [0.25, 0.3) is 0 Å². The van der Waals surface area contributed by atoms with E-state index in [1.807, 2.05) is 66.4 Å². The Bertz CT molecular complexity index is 674. The maximum absolute atomic E-state index is 12.6. The summed E-state index contributed by atoms with van der Waals surface area (Å²) < 4.78 is 0. The molecule has 1 aliphatic rings. The van der Waals surface area contributed by atoms with E-state index in [2.05, 4.69) is 10.6 Å². The number of hydrogen-bond donors (Lipinski definition) is 2. The van der Waals surface area contributed by atoms with Gasteiger partial charge in [-0.25, -0.2) is 0 Å². The van der Waals surface area contributed by atoms with E-state index in [9.17, 15) is 4.79 Å². The van der Waals surface area contributed by atoms with Crippen LogP contribution in [0.5, 0.6) is 0 Å². The van der Waals surface area contributed by atoms with Crippen molar-refractivity contribution in [2.24, 2.45) is 0 Å². The molecule has 1 fully saturated rings. The second-order valence-electron chi connectivity index (χ2n) is 5.90. The van der Waals surface area contributed by atoms with Gasteiger partial charge >= 0.3 is 0 Å². The van der Waals surface area contributed by atoms with Crippen LogP contribution in [-0.2, 0) is 4.79 Å². The fourth-order valence-corrected chi connectivity index (χ4v) is 4.03. The van der Waals surface area contributed by atoms with Gasteiger partial charge in [-0.3, -0.25) is 4.79 Å². The zero-order valence-electron chi connectivity index (χ0n) is 13.4. The maximum atomic E-state index is 12.6. The third-order valence-corrected chi connectivity index (χ3v) is 5.42. The number of carbonyl (C=O) groups is 1. The van der Waals surface area contributed by atoms with Crippen molar-refractivity contribution in [3.8, 4) is 0 Å². The van der Waals surface area contributed by atoms with Crippen LogP contribution in [0.25, 0.3) is 0 Å². The number of hydrogen-bond acceptors (Lipinski definition) is 3. The predicted molar refractivity (Wildman–Crippen MR) is 102 cm³/mol. The van der Waals surface area contributed by atoms with Crippen LogP contribution in [0.2, 0.25) is 5.02 Å². The second kappa shape index (κ2) is 8.56. The molecule has 0 saturated carbocycles. The van der Waals surface area contributed by atoms with Crippen LogP contribution in [-0.4, -0.2) is 30.0 Å². The summed E-state index contributed by atoms with van der Waals surface area (Å²) in [6.45, 7) is 0.971. The van der Waals surface area contributed by atoms with Gasteiger partial charge in [-0.2, -0.15) is 11.8 Å². The molecule has 2 N–H and O–H groups in total. The Kier molecular flexibility index (Phi) is 6.18. The van der Waals surface area contributed by atoms with Crippen LogP contribution in [0.15, 0.2) is 54.6 Å². The third-order valence-electron chi connectivity index (χ3n) is 4.05. The zero-order chi connectivity index (χ0) is 16.8. The summed E-state index contributed by atoms with van der Waals surface area (Å²) in [5.74, 6) is 2.16. The number of benzene rings is 2. The van der Waals surface area contributed by atoms with Crippen LogP contribution < -0.4 is 10.6 Å². The van der Waals surface area contributed by atoms with E-state index in [0.717, 1.165) is 29.2 Å². The summed E-state index contributed by atoms with van der Waals surface area (Å²) in [6.07, 6.45) is 0.497. The van der Waals surface area contributed by atoms with Gasteiger partial charge in [0.15, 0.2) is 0 Å². The molecule has 5 heteroatoms. The van der Waals surface area contributed by atoms with Crippen LogP contribution in [0.3, 0.4) is 0 Å². The van der Waals surface area contributed by atoms with Gasteiger partial charge < -0.3 is 10.6 Å². The number of nitrogens with one attached hydrogen (secondary N) is 2. The van der Waals surface area contributed by atoms with E-state index in [1.54, 1.807) is 0 Å². The van der Waals surface area contributed by atoms with Crippen molar-refractivity contribution in [1.82, 2.24) is 10.6 Å². The lowest BCUT2D eigenvalue weighted by molar-refractivity contribution is -0.122. The molecule has 1 heterocycles. The predicted octanol–water partition coefficient (Wildman–Crippen LogP) is 3.64. The molecule has 0 aliphatic carbocycles. The second-order valence-corrected chi connectivity index (χ2v) is 7.48. The first-order valence-electron chi connectivity index (χ1n) is 8.13. The standard InChI is InChI=1S/C19H21ClN2OS/c20-16-8-4-7-15(11-16)19(14-5-2-1-3-6-14)22-18(23)12-17-13-24-10-9-21-17/h1-8,11,17,19,21H,9-10,12-13H2,(H,22,23). The molecule has 0 bridgehead atoms. The van der Waals surface area contributed by atoms with Crippen molar-refractivity contribution in [3.63, 3.8) is 0 Å². The summed E-state index contributed by atoms with van der Waals surface area (Å²) in [5.41, 5.74) is 2.05. The number of thioether (sulfide) groups is 1. The Morgan fingerprint density at radius 3 is 2.71 bits per heavy atom. The molecule has 3 nitrogen and oxygen atoms in total. The van der Waals surface area contributed by atoms with Crippen LogP contribution >= 0.6 is 23.4 Å². The topological polar surface area (TPSA) is 41.1 Å². The van der Waals surface area contributed by atoms with Gasteiger partial charge in [-0.1, -0.05) is 54.1 Å². The summed E-state index contributed by atoms with van der Waals surface area (Å²) in [6, 6.07) is 17.7. The molecule has 2 unspecified atom stereocenters. The van der Waals surface area contributed by atoms with E-state index >= 15 is 0 Å². The third kappa shape index (κ3) is 4.76. The molecular formula is C19H21ClN2OS. The first-order valence-corrected chi connectivity index (χ1v) is 9.66. The lowest BCUT2D eigenvalue weighted by Crippen LogP contribution is -2.42. The molecule has 126 valence electrons. The molecule has 2 atom stereocenters. The van der Waals surface area contributed by atoms with Crippen molar-refractivity contribution in [3.05, 3.63) is 70.7 Å². The van der Waals surface area contributed by atoms with Crippen molar-refractivity contribution < 1.29 is 4.79 Å². The van der Waals surface area contributed by atoms with Crippen molar-refractivity contribution in [2.75, 3.05) is 18.1 Å². The first kappa shape index (κ1) is 17.3. The monoisotopic (exact) mass is 360 g/mol. The van der Waals surface area contributed by atoms with Crippen molar-refractivity contribution in [2.45, 2.75) is 18.5 Å². The van der Waals surface area contributed by atoms with Gasteiger partial charge in [-0.05, 0) is 23.3 Å². The fourth-order valence-electron chi connectivity index (χ4n) is 2.89. The number of halogens is 1. The SMILES string of the molecule is O=C(CC1CSCCN1)NC(c1ccccc1)c1cccc(Cl)c1. The average Bonchev–Trinajstić information content (AvgIpc) is 2.61. The molecule has 0 spiro atoms. The minimum atomic E-state index is -0.186. The van der Waals surface area contributed by atoms with Gasteiger partial charge in [0.05, 0.1) is 6.04 Å². The Morgan fingerprint density at radius 1 is 1.21 bits per heavy atom. The zero-order valence-corrected chi connectivity index (χ0v) is 14.9. The average molecular weight is 361 g/mol. The molecule has 1 saturated heterocycles. The minimum absolute atomic E-state index is 0.0591. The Morgan fingerprint density at radius 2 is 2.00 bits per heavy atom. The number of carbonyl (C=O) groups excluding carboxylic acids is 1. The largest absolute Gasteiger partial charge is 0.345 e. The summed E-state index contributed by atoms with van der Waals surface area (Å²) >= 11 is 8.04. The highest BCUT2D eigenvalue weighted by Crippen LogP contribution is 2.24. The molecule has 3 rings (SSSR count). The minimum Gasteiger partial charge on any atom is -0.345 e. The van der Waals surface area contributed by atoms with Gasteiger partial charge in [0, 0.05) is 35.5 Å².